The molecule has 0 spiro atoms. The van der Waals surface area contributed by atoms with Crippen molar-refractivity contribution < 1.29 is 9.90 Å². The number of carbonyl (C=O) groups is 1. The van der Waals surface area contributed by atoms with Crippen molar-refractivity contribution in [3.8, 4) is 0 Å². The molecular formula is C9H9BrN4O2. The molecular weight excluding hydrogens is 276 g/mol. The van der Waals surface area contributed by atoms with E-state index in [1.807, 2.05) is 0 Å². The summed E-state index contributed by atoms with van der Waals surface area (Å²) in [6.07, 6.45) is 1.67. The predicted molar refractivity (Wildman–Crippen MR) is 62.0 cm³/mol. The van der Waals surface area contributed by atoms with Crippen molar-refractivity contribution in [3.63, 3.8) is 0 Å². The second-order valence-electron chi connectivity index (χ2n) is 3.45. The third-order valence-corrected chi connectivity index (χ3v) is 2.45. The maximum Gasteiger partial charge on any atom is 0.339 e. The molecule has 0 aliphatic carbocycles. The predicted octanol–water partition coefficient (Wildman–Crippen LogP) is 1.26. The molecule has 16 heavy (non-hydrogen) atoms. The molecule has 0 saturated carbocycles. The fraction of sp³-hybridized carbons (Fsp3) is 0.222. The van der Waals surface area contributed by atoms with Crippen molar-refractivity contribution in [2.24, 2.45) is 0 Å². The topological polar surface area (TPSA) is 70.7 Å². The van der Waals surface area contributed by atoms with Crippen LogP contribution in [0.1, 0.15) is 10.4 Å². The summed E-state index contributed by atoms with van der Waals surface area (Å²) >= 11 is 3.23. The summed E-state index contributed by atoms with van der Waals surface area (Å²) in [5, 5.41) is 13.2. The van der Waals surface area contributed by atoms with E-state index >= 15 is 0 Å². The number of halogens is 1. The van der Waals surface area contributed by atoms with Crippen LogP contribution in [-0.2, 0) is 0 Å². The van der Waals surface area contributed by atoms with Gasteiger partial charge in [0, 0.05) is 24.8 Å². The lowest BCUT2D eigenvalue weighted by molar-refractivity contribution is 0.0698. The van der Waals surface area contributed by atoms with Gasteiger partial charge in [-0.3, -0.25) is 0 Å². The van der Waals surface area contributed by atoms with E-state index in [0.29, 0.717) is 16.1 Å². The maximum atomic E-state index is 11.0. The van der Waals surface area contributed by atoms with Gasteiger partial charge in [-0.1, -0.05) is 0 Å². The van der Waals surface area contributed by atoms with Crippen LogP contribution in [-0.4, -0.2) is 39.8 Å². The van der Waals surface area contributed by atoms with Crippen LogP contribution in [0, 0.1) is 0 Å². The van der Waals surface area contributed by atoms with Gasteiger partial charge < -0.3 is 10.0 Å². The zero-order valence-electron chi connectivity index (χ0n) is 8.68. The van der Waals surface area contributed by atoms with Crippen molar-refractivity contribution >= 4 is 33.5 Å². The van der Waals surface area contributed by atoms with Crippen molar-refractivity contribution in [3.05, 3.63) is 22.3 Å². The van der Waals surface area contributed by atoms with Crippen molar-refractivity contribution in [1.82, 2.24) is 14.6 Å². The molecule has 0 amide bonds. The van der Waals surface area contributed by atoms with E-state index in [4.69, 9.17) is 5.11 Å². The molecule has 7 heteroatoms. The summed E-state index contributed by atoms with van der Waals surface area (Å²) < 4.78 is 2.09. The van der Waals surface area contributed by atoms with Crippen molar-refractivity contribution in [2.75, 3.05) is 19.0 Å². The molecule has 2 aromatic heterocycles. The molecule has 2 rings (SSSR count). The highest BCUT2D eigenvalue weighted by molar-refractivity contribution is 9.10. The molecule has 2 aromatic rings. The summed E-state index contributed by atoms with van der Waals surface area (Å²) in [4.78, 5) is 16.9. The normalized spacial score (nSPS) is 10.7. The standard InChI is InChI=1S/C9H9BrN4O2/c1-13(2)9-11-7-6(8(15)16)3-5(10)4-14(7)12-9/h3-4H,1-2H3,(H,15,16). The number of hydrogen-bond acceptors (Lipinski definition) is 4. The molecule has 0 fully saturated rings. The highest BCUT2D eigenvalue weighted by Gasteiger charge is 2.15. The first kappa shape index (κ1) is 10.9. The van der Waals surface area contributed by atoms with Gasteiger partial charge in [0.25, 0.3) is 0 Å². The number of fused-ring (bicyclic) bond motifs is 1. The number of carboxylic acid groups (broad SMARTS) is 1. The van der Waals surface area contributed by atoms with Gasteiger partial charge in [0.15, 0.2) is 5.65 Å². The fourth-order valence-corrected chi connectivity index (χ4v) is 1.71. The summed E-state index contributed by atoms with van der Waals surface area (Å²) in [6.45, 7) is 0. The molecule has 0 aliphatic heterocycles. The molecule has 0 atom stereocenters. The Bertz CT molecular complexity index is 564. The molecule has 6 nitrogen and oxygen atoms in total. The summed E-state index contributed by atoms with van der Waals surface area (Å²) in [5.41, 5.74) is 0.453. The van der Waals surface area contributed by atoms with Crippen LogP contribution in [0.4, 0.5) is 5.95 Å². The van der Waals surface area contributed by atoms with E-state index in [2.05, 4.69) is 26.0 Å². The van der Waals surface area contributed by atoms with E-state index in [-0.39, 0.29) is 5.56 Å². The first-order valence-electron chi connectivity index (χ1n) is 4.45. The highest BCUT2D eigenvalue weighted by atomic mass is 79.9. The summed E-state index contributed by atoms with van der Waals surface area (Å²) in [7, 11) is 3.59. The van der Waals surface area contributed by atoms with Gasteiger partial charge in [-0.25, -0.2) is 9.31 Å². The first-order chi connectivity index (χ1) is 7.49. The number of nitrogens with zero attached hydrogens (tertiary/aromatic N) is 4. The van der Waals surface area contributed by atoms with Gasteiger partial charge in [0.2, 0.25) is 5.95 Å². The Morgan fingerprint density at radius 2 is 2.25 bits per heavy atom. The summed E-state index contributed by atoms with van der Waals surface area (Å²) in [5.74, 6) is -0.551. The van der Waals surface area contributed by atoms with Crippen LogP contribution in [0.3, 0.4) is 0 Å². The van der Waals surface area contributed by atoms with E-state index in [9.17, 15) is 4.79 Å². The molecule has 0 bridgehead atoms. The third-order valence-electron chi connectivity index (χ3n) is 2.02. The minimum Gasteiger partial charge on any atom is -0.478 e. The number of anilines is 1. The molecule has 0 aromatic carbocycles. The molecule has 0 unspecified atom stereocenters. The molecule has 0 saturated heterocycles. The lowest BCUT2D eigenvalue weighted by Gasteiger charge is -2.03. The summed E-state index contributed by atoms with van der Waals surface area (Å²) in [6, 6.07) is 1.51. The minimum absolute atomic E-state index is 0.120. The number of aromatic nitrogens is 3. The molecule has 0 aliphatic rings. The van der Waals surface area contributed by atoms with Crippen LogP contribution < -0.4 is 4.90 Å². The lowest BCUT2D eigenvalue weighted by atomic mass is 10.3. The zero-order valence-corrected chi connectivity index (χ0v) is 10.3. The van der Waals surface area contributed by atoms with Crippen LogP contribution in [0.5, 0.6) is 0 Å². The number of pyridine rings is 1. The van der Waals surface area contributed by atoms with Gasteiger partial charge >= 0.3 is 5.97 Å². The highest BCUT2D eigenvalue weighted by Crippen LogP contribution is 2.18. The molecule has 2 heterocycles. The van der Waals surface area contributed by atoms with E-state index in [1.54, 1.807) is 25.2 Å². The number of carboxylic acids is 1. The number of rotatable bonds is 2. The van der Waals surface area contributed by atoms with Gasteiger partial charge in [0.1, 0.15) is 5.56 Å². The van der Waals surface area contributed by atoms with E-state index < -0.39 is 5.97 Å². The quantitative estimate of drug-likeness (QED) is 0.899. The lowest BCUT2D eigenvalue weighted by Crippen LogP contribution is -2.10. The SMILES string of the molecule is CN(C)c1nc2c(C(=O)O)cc(Br)cn2n1. The molecule has 0 radical (unpaired) electrons. The van der Waals surface area contributed by atoms with Gasteiger partial charge in [-0.15, -0.1) is 5.10 Å². The Labute approximate surface area is 99.6 Å². The zero-order chi connectivity index (χ0) is 11.9. The van der Waals surface area contributed by atoms with E-state index in [0.717, 1.165) is 0 Å². The Kier molecular flexibility index (Phi) is 2.55. The molecule has 84 valence electrons. The van der Waals surface area contributed by atoms with Crippen molar-refractivity contribution in [2.45, 2.75) is 0 Å². The average molecular weight is 285 g/mol. The minimum atomic E-state index is -1.02. The van der Waals surface area contributed by atoms with Crippen LogP contribution in [0.25, 0.3) is 5.65 Å². The first-order valence-corrected chi connectivity index (χ1v) is 5.25. The Morgan fingerprint density at radius 1 is 1.56 bits per heavy atom. The van der Waals surface area contributed by atoms with E-state index in [1.165, 1.54) is 10.6 Å². The monoisotopic (exact) mass is 284 g/mol. The van der Waals surface area contributed by atoms with Gasteiger partial charge in [-0.2, -0.15) is 4.98 Å². The Balaban J connectivity index is 2.75. The average Bonchev–Trinajstić information content (AvgIpc) is 2.59. The van der Waals surface area contributed by atoms with Gasteiger partial charge in [0.05, 0.1) is 0 Å². The number of aromatic carboxylic acids is 1. The maximum absolute atomic E-state index is 11.0. The van der Waals surface area contributed by atoms with Crippen LogP contribution in [0.15, 0.2) is 16.7 Å². The Morgan fingerprint density at radius 3 is 2.81 bits per heavy atom. The largest absolute Gasteiger partial charge is 0.478 e. The second kappa shape index (κ2) is 3.75. The van der Waals surface area contributed by atoms with Crippen LogP contribution >= 0.6 is 15.9 Å². The fourth-order valence-electron chi connectivity index (χ4n) is 1.29. The molecule has 1 N–H and O–H groups in total. The third kappa shape index (κ3) is 1.73. The second-order valence-corrected chi connectivity index (χ2v) is 4.37. The number of hydrogen-bond donors (Lipinski definition) is 1. The van der Waals surface area contributed by atoms with Crippen molar-refractivity contribution in [1.29, 1.82) is 0 Å². The van der Waals surface area contributed by atoms with Gasteiger partial charge in [-0.05, 0) is 22.0 Å². The smallest absolute Gasteiger partial charge is 0.339 e. The van der Waals surface area contributed by atoms with Crippen LogP contribution in [0.2, 0.25) is 0 Å². The Hall–Kier alpha value is -1.63.